The Hall–Kier alpha value is -1.89. The highest BCUT2D eigenvalue weighted by atomic mass is 32.2. The highest BCUT2D eigenvalue weighted by Gasteiger charge is 2.21. The number of benzene rings is 1. The van der Waals surface area contributed by atoms with E-state index in [0.717, 1.165) is 25.1 Å². The number of tetrazole rings is 1. The van der Waals surface area contributed by atoms with Crippen molar-refractivity contribution in [2.45, 2.75) is 31.5 Å². The number of carbonyl (C=O) groups excluding carboxylic acids is 1. The first kappa shape index (κ1) is 16.0. The summed E-state index contributed by atoms with van der Waals surface area (Å²) in [6.07, 6.45) is 2.32. The lowest BCUT2D eigenvalue weighted by molar-refractivity contribution is -0.130. The highest BCUT2D eigenvalue weighted by molar-refractivity contribution is 7.99. The molecular formula is C16H21N5OS. The van der Waals surface area contributed by atoms with Crippen LogP contribution in [0.5, 0.6) is 0 Å². The molecule has 0 spiro atoms. The van der Waals surface area contributed by atoms with E-state index in [-0.39, 0.29) is 5.91 Å². The van der Waals surface area contributed by atoms with E-state index in [1.54, 1.807) is 4.68 Å². The lowest BCUT2D eigenvalue weighted by Gasteiger charge is -2.30. The first-order chi connectivity index (χ1) is 11.2. The molecule has 0 radical (unpaired) electrons. The zero-order valence-electron chi connectivity index (χ0n) is 13.3. The van der Waals surface area contributed by atoms with Gasteiger partial charge in [-0.3, -0.25) is 4.79 Å². The summed E-state index contributed by atoms with van der Waals surface area (Å²) < 4.78 is 1.74. The van der Waals surface area contributed by atoms with Gasteiger partial charge in [0.25, 0.3) is 0 Å². The van der Waals surface area contributed by atoms with E-state index < -0.39 is 0 Å². The van der Waals surface area contributed by atoms with Crippen molar-refractivity contribution < 1.29 is 4.79 Å². The van der Waals surface area contributed by atoms with Gasteiger partial charge in [-0.25, -0.2) is 4.68 Å². The molecule has 2 heterocycles. The predicted molar refractivity (Wildman–Crippen MR) is 89.1 cm³/mol. The van der Waals surface area contributed by atoms with E-state index >= 15 is 0 Å². The first-order valence-corrected chi connectivity index (χ1v) is 8.91. The summed E-state index contributed by atoms with van der Waals surface area (Å²) in [5.41, 5.74) is 1.14. The molecule has 0 saturated carbocycles. The van der Waals surface area contributed by atoms with Gasteiger partial charge in [-0.1, -0.05) is 49.0 Å². The quantitative estimate of drug-likeness (QED) is 0.785. The van der Waals surface area contributed by atoms with Crippen LogP contribution in [0.2, 0.25) is 0 Å². The zero-order chi connectivity index (χ0) is 16.1. The van der Waals surface area contributed by atoms with Gasteiger partial charge >= 0.3 is 0 Å². The van der Waals surface area contributed by atoms with Gasteiger partial charge in [0.05, 0.1) is 12.3 Å². The maximum absolute atomic E-state index is 12.3. The van der Waals surface area contributed by atoms with Gasteiger partial charge < -0.3 is 4.90 Å². The highest BCUT2D eigenvalue weighted by Crippen LogP contribution is 2.19. The van der Waals surface area contributed by atoms with Crippen LogP contribution in [-0.2, 0) is 11.3 Å². The van der Waals surface area contributed by atoms with Gasteiger partial charge in [0.15, 0.2) is 0 Å². The molecule has 1 fully saturated rings. The number of hydrogen-bond acceptors (Lipinski definition) is 5. The third kappa shape index (κ3) is 4.31. The standard InChI is InChI=1S/C16H21N5OS/c1-13-6-5-9-20(10-13)15(22)12-23-16-17-18-19-21(16)11-14-7-3-2-4-8-14/h2-4,7-8,13H,5-6,9-12H2,1H3. The molecule has 2 aromatic rings. The molecule has 1 atom stereocenters. The number of hydrogen-bond donors (Lipinski definition) is 0. The second-order valence-corrected chi connectivity index (χ2v) is 6.92. The Morgan fingerprint density at radius 1 is 1.35 bits per heavy atom. The lowest BCUT2D eigenvalue weighted by Crippen LogP contribution is -2.40. The minimum absolute atomic E-state index is 0.177. The molecule has 1 aromatic carbocycles. The molecule has 0 aliphatic carbocycles. The number of likely N-dealkylation sites (tertiary alicyclic amines) is 1. The van der Waals surface area contributed by atoms with E-state index in [1.165, 1.54) is 18.2 Å². The van der Waals surface area contributed by atoms with Crippen LogP contribution >= 0.6 is 11.8 Å². The van der Waals surface area contributed by atoms with Crippen LogP contribution in [0.1, 0.15) is 25.3 Å². The smallest absolute Gasteiger partial charge is 0.233 e. The van der Waals surface area contributed by atoms with Crippen molar-refractivity contribution in [3.05, 3.63) is 35.9 Å². The summed E-state index contributed by atoms with van der Waals surface area (Å²) >= 11 is 1.41. The minimum Gasteiger partial charge on any atom is -0.342 e. The summed E-state index contributed by atoms with van der Waals surface area (Å²) in [6, 6.07) is 10.0. The molecule has 6 nitrogen and oxygen atoms in total. The fourth-order valence-electron chi connectivity index (χ4n) is 2.79. The SMILES string of the molecule is CC1CCCN(C(=O)CSc2nnnn2Cc2ccccc2)C1. The maximum Gasteiger partial charge on any atom is 0.233 e. The van der Waals surface area contributed by atoms with Crippen LogP contribution in [0.4, 0.5) is 0 Å². The average Bonchev–Trinajstić information content (AvgIpc) is 3.00. The van der Waals surface area contributed by atoms with Crippen LogP contribution in [0.25, 0.3) is 0 Å². The van der Waals surface area contributed by atoms with Crippen molar-refractivity contribution in [1.82, 2.24) is 25.1 Å². The van der Waals surface area contributed by atoms with Crippen LogP contribution in [0.3, 0.4) is 0 Å². The largest absolute Gasteiger partial charge is 0.342 e. The second-order valence-electron chi connectivity index (χ2n) is 5.98. The Bertz CT molecular complexity index is 645. The molecule has 1 aromatic heterocycles. The fourth-order valence-corrected chi connectivity index (χ4v) is 3.57. The normalized spacial score (nSPS) is 18.1. The van der Waals surface area contributed by atoms with Gasteiger partial charge in [-0.2, -0.15) is 0 Å². The summed E-state index contributed by atoms with van der Waals surface area (Å²) in [7, 11) is 0. The van der Waals surface area contributed by atoms with Crippen molar-refractivity contribution in [2.24, 2.45) is 5.92 Å². The van der Waals surface area contributed by atoms with Gasteiger partial charge in [0.1, 0.15) is 0 Å². The molecule has 1 aliphatic rings. The van der Waals surface area contributed by atoms with Gasteiger partial charge in [-0.15, -0.1) is 5.10 Å². The fraction of sp³-hybridized carbons (Fsp3) is 0.500. The number of aromatic nitrogens is 4. The number of piperidine rings is 1. The van der Waals surface area contributed by atoms with E-state index in [9.17, 15) is 4.79 Å². The summed E-state index contributed by atoms with van der Waals surface area (Å²) in [5.74, 6) is 1.17. The van der Waals surface area contributed by atoms with Crippen LogP contribution < -0.4 is 0 Å². The Balaban J connectivity index is 1.56. The average molecular weight is 331 g/mol. The van der Waals surface area contributed by atoms with Crippen molar-refractivity contribution in [1.29, 1.82) is 0 Å². The third-order valence-corrected chi connectivity index (χ3v) is 4.95. The summed E-state index contributed by atoms with van der Waals surface area (Å²) in [4.78, 5) is 14.3. The molecule has 0 bridgehead atoms. The molecule has 23 heavy (non-hydrogen) atoms. The van der Waals surface area contributed by atoms with E-state index in [2.05, 4.69) is 22.4 Å². The molecule has 1 amide bonds. The van der Waals surface area contributed by atoms with Crippen LogP contribution in [0, 0.1) is 5.92 Å². The molecule has 1 saturated heterocycles. The number of rotatable bonds is 5. The monoisotopic (exact) mass is 331 g/mol. The van der Waals surface area contributed by atoms with Crippen molar-refractivity contribution in [3.8, 4) is 0 Å². The molecule has 3 rings (SSSR count). The zero-order valence-corrected chi connectivity index (χ0v) is 14.1. The van der Waals surface area contributed by atoms with E-state index in [4.69, 9.17) is 0 Å². The number of thioether (sulfide) groups is 1. The van der Waals surface area contributed by atoms with Gasteiger partial charge in [-0.05, 0) is 34.7 Å². The molecule has 1 unspecified atom stereocenters. The van der Waals surface area contributed by atoms with Crippen molar-refractivity contribution in [3.63, 3.8) is 0 Å². The molecule has 7 heteroatoms. The Kier molecular flexibility index (Phi) is 5.27. The second kappa shape index (κ2) is 7.59. The lowest BCUT2D eigenvalue weighted by atomic mass is 10.0. The number of amides is 1. The molecule has 0 N–H and O–H groups in total. The molecule has 122 valence electrons. The van der Waals surface area contributed by atoms with Crippen LogP contribution in [-0.4, -0.2) is 49.9 Å². The van der Waals surface area contributed by atoms with E-state index in [1.807, 2.05) is 35.2 Å². The molecule has 1 aliphatic heterocycles. The van der Waals surface area contributed by atoms with E-state index in [0.29, 0.717) is 23.4 Å². The summed E-state index contributed by atoms with van der Waals surface area (Å²) in [5, 5.41) is 12.5. The Morgan fingerprint density at radius 3 is 2.96 bits per heavy atom. The summed E-state index contributed by atoms with van der Waals surface area (Å²) in [6.45, 7) is 4.56. The van der Waals surface area contributed by atoms with Gasteiger partial charge in [0.2, 0.25) is 11.1 Å². The number of carbonyl (C=O) groups is 1. The number of nitrogens with zero attached hydrogens (tertiary/aromatic N) is 5. The Morgan fingerprint density at radius 2 is 2.17 bits per heavy atom. The van der Waals surface area contributed by atoms with Crippen LogP contribution in [0.15, 0.2) is 35.5 Å². The van der Waals surface area contributed by atoms with Crippen molar-refractivity contribution in [2.75, 3.05) is 18.8 Å². The maximum atomic E-state index is 12.3. The Labute approximate surface area is 140 Å². The van der Waals surface area contributed by atoms with Gasteiger partial charge in [0, 0.05) is 13.1 Å². The minimum atomic E-state index is 0.177. The van der Waals surface area contributed by atoms with Crippen molar-refractivity contribution >= 4 is 17.7 Å². The topological polar surface area (TPSA) is 63.9 Å². The first-order valence-electron chi connectivity index (χ1n) is 7.93. The molecular weight excluding hydrogens is 310 g/mol. The predicted octanol–water partition coefficient (Wildman–Crippen LogP) is 2.07. The third-order valence-electron chi connectivity index (χ3n) is 4.01.